The largest absolute Gasteiger partial charge is 0.308 e. The van der Waals surface area contributed by atoms with Crippen molar-refractivity contribution in [2.24, 2.45) is 0 Å². The van der Waals surface area contributed by atoms with E-state index in [4.69, 9.17) is 0 Å². The molecule has 0 bridgehead atoms. The number of rotatable bonds is 4. The Morgan fingerprint density at radius 1 is 1.35 bits per heavy atom. The Kier molecular flexibility index (Phi) is 2.69. The average molecular weight is 227 g/mol. The first-order valence-electron chi connectivity index (χ1n) is 6.16. The topological polar surface area (TPSA) is 29.9 Å². The van der Waals surface area contributed by atoms with Crippen LogP contribution in [0.3, 0.4) is 0 Å². The highest BCUT2D eigenvalue weighted by atomic mass is 15.3. The highest BCUT2D eigenvalue weighted by Crippen LogP contribution is 2.19. The molecule has 1 aromatic heterocycles. The van der Waals surface area contributed by atoms with Crippen LogP contribution in [0.5, 0.6) is 0 Å². The van der Waals surface area contributed by atoms with Crippen LogP contribution in [0, 0.1) is 6.92 Å². The smallest absolute Gasteiger partial charge is 0.0766 e. The molecule has 17 heavy (non-hydrogen) atoms. The van der Waals surface area contributed by atoms with Crippen molar-refractivity contribution in [3.8, 4) is 5.69 Å². The Bertz CT molecular complexity index is 512. The zero-order chi connectivity index (χ0) is 11.7. The molecule has 1 N–H and O–H groups in total. The Labute approximate surface area is 101 Å². The molecule has 3 rings (SSSR count). The molecule has 1 aliphatic carbocycles. The van der Waals surface area contributed by atoms with Crippen molar-refractivity contribution in [1.82, 2.24) is 15.1 Å². The van der Waals surface area contributed by atoms with Crippen LogP contribution >= 0.6 is 0 Å². The second-order valence-corrected chi connectivity index (χ2v) is 4.75. The molecule has 0 atom stereocenters. The number of aryl methyl sites for hydroxylation is 1. The minimum Gasteiger partial charge on any atom is -0.308 e. The molecule has 1 heterocycles. The van der Waals surface area contributed by atoms with E-state index in [0.29, 0.717) is 0 Å². The van der Waals surface area contributed by atoms with Crippen LogP contribution in [0.4, 0.5) is 0 Å². The summed E-state index contributed by atoms with van der Waals surface area (Å²) in [6, 6.07) is 11.2. The van der Waals surface area contributed by atoms with Gasteiger partial charge in [0, 0.05) is 18.8 Å². The van der Waals surface area contributed by atoms with E-state index in [2.05, 4.69) is 47.7 Å². The number of nitrogens with one attached hydrogen (secondary N) is 1. The van der Waals surface area contributed by atoms with E-state index in [-0.39, 0.29) is 0 Å². The fourth-order valence-corrected chi connectivity index (χ4v) is 1.91. The average Bonchev–Trinajstić information content (AvgIpc) is 3.04. The van der Waals surface area contributed by atoms with Crippen LogP contribution in [0.2, 0.25) is 0 Å². The number of hydrogen-bond donors (Lipinski definition) is 1. The molecule has 0 saturated heterocycles. The van der Waals surface area contributed by atoms with E-state index in [1.54, 1.807) is 0 Å². The van der Waals surface area contributed by atoms with Gasteiger partial charge in [-0.25, -0.2) is 4.68 Å². The summed E-state index contributed by atoms with van der Waals surface area (Å²) < 4.78 is 1.94. The lowest BCUT2D eigenvalue weighted by Gasteiger charge is -2.02. The summed E-state index contributed by atoms with van der Waals surface area (Å²) in [6.45, 7) is 2.98. The third-order valence-corrected chi connectivity index (χ3v) is 3.06. The summed E-state index contributed by atoms with van der Waals surface area (Å²) in [5.41, 5.74) is 3.50. The summed E-state index contributed by atoms with van der Waals surface area (Å²) >= 11 is 0. The van der Waals surface area contributed by atoms with Crippen LogP contribution in [0.15, 0.2) is 36.5 Å². The van der Waals surface area contributed by atoms with Crippen molar-refractivity contribution in [3.05, 3.63) is 47.8 Å². The van der Waals surface area contributed by atoms with Gasteiger partial charge in [-0.2, -0.15) is 5.10 Å². The Hall–Kier alpha value is -1.61. The van der Waals surface area contributed by atoms with E-state index >= 15 is 0 Å². The Morgan fingerprint density at radius 2 is 2.24 bits per heavy atom. The molecule has 3 heteroatoms. The van der Waals surface area contributed by atoms with Gasteiger partial charge >= 0.3 is 0 Å². The van der Waals surface area contributed by atoms with Gasteiger partial charge in [-0.05, 0) is 43.5 Å². The van der Waals surface area contributed by atoms with Gasteiger partial charge in [-0.15, -0.1) is 0 Å². The van der Waals surface area contributed by atoms with Crippen LogP contribution < -0.4 is 5.32 Å². The van der Waals surface area contributed by atoms with Gasteiger partial charge in [0.1, 0.15) is 0 Å². The van der Waals surface area contributed by atoms with Gasteiger partial charge in [-0.1, -0.05) is 12.1 Å². The standard InChI is InChI=1S/C14H17N3/c1-11-3-2-4-14(9-11)17-8-7-13(16-17)10-15-12-5-6-12/h2-4,7-9,12,15H,5-6,10H2,1H3. The monoisotopic (exact) mass is 227 g/mol. The van der Waals surface area contributed by atoms with E-state index in [0.717, 1.165) is 24.0 Å². The first-order valence-corrected chi connectivity index (χ1v) is 6.16. The van der Waals surface area contributed by atoms with Gasteiger partial charge < -0.3 is 5.32 Å². The fourth-order valence-electron chi connectivity index (χ4n) is 1.91. The molecule has 0 amide bonds. The number of nitrogens with zero attached hydrogens (tertiary/aromatic N) is 2. The van der Waals surface area contributed by atoms with Gasteiger partial charge in [-0.3, -0.25) is 0 Å². The normalized spacial score (nSPS) is 15.1. The van der Waals surface area contributed by atoms with Crippen molar-refractivity contribution >= 4 is 0 Å². The quantitative estimate of drug-likeness (QED) is 0.869. The van der Waals surface area contributed by atoms with Gasteiger partial charge in [0.15, 0.2) is 0 Å². The molecule has 0 spiro atoms. The summed E-state index contributed by atoms with van der Waals surface area (Å²) in [5.74, 6) is 0. The molecule has 0 aliphatic heterocycles. The van der Waals surface area contributed by atoms with Crippen molar-refractivity contribution in [2.75, 3.05) is 0 Å². The third-order valence-electron chi connectivity index (χ3n) is 3.06. The molecule has 88 valence electrons. The minimum absolute atomic E-state index is 0.735. The van der Waals surface area contributed by atoms with Gasteiger partial charge in [0.25, 0.3) is 0 Å². The molecule has 1 fully saturated rings. The predicted molar refractivity (Wildman–Crippen MR) is 68.2 cm³/mol. The molecule has 0 radical (unpaired) electrons. The first-order chi connectivity index (χ1) is 8.31. The summed E-state index contributed by atoms with van der Waals surface area (Å²) in [6.07, 6.45) is 4.66. The number of aromatic nitrogens is 2. The fraction of sp³-hybridized carbons (Fsp3) is 0.357. The molecule has 1 saturated carbocycles. The van der Waals surface area contributed by atoms with E-state index < -0.39 is 0 Å². The molecule has 0 unspecified atom stereocenters. The molecular weight excluding hydrogens is 210 g/mol. The van der Waals surface area contributed by atoms with Crippen molar-refractivity contribution in [3.63, 3.8) is 0 Å². The lowest BCUT2D eigenvalue weighted by molar-refractivity contribution is 0.665. The lowest BCUT2D eigenvalue weighted by Crippen LogP contribution is -2.15. The Morgan fingerprint density at radius 3 is 3.00 bits per heavy atom. The second kappa shape index (κ2) is 4.34. The lowest BCUT2D eigenvalue weighted by atomic mass is 10.2. The molecular formula is C14H17N3. The highest BCUT2D eigenvalue weighted by Gasteiger charge is 2.20. The first kappa shape index (κ1) is 10.5. The summed E-state index contributed by atoms with van der Waals surface area (Å²) in [4.78, 5) is 0. The minimum atomic E-state index is 0.735. The van der Waals surface area contributed by atoms with Crippen LogP contribution in [-0.2, 0) is 6.54 Å². The highest BCUT2D eigenvalue weighted by molar-refractivity contribution is 5.34. The Balaban J connectivity index is 1.74. The van der Waals surface area contributed by atoms with E-state index in [9.17, 15) is 0 Å². The third kappa shape index (κ3) is 2.56. The zero-order valence-corrected chi connectivity index (χ0v) is 10.1. The predicted octanol–water partition coefficient (Wildman–Crippen LogP) is 2.43. The number of benzene rings is 1. The molecule has 1 aliphatic rings. The maximum Gasteiger partial charge on any atom is 0.0766 e. The molecule has 2 aromatic rings. The van der Waals surface area contributed by atoms with Gasteiger partial charge in [0.05, 0.1) is 11.4 Å². The SMILES string of the molecule is Cc1cccc(-n2ccc(CNC3CC3)n2)c1. The maximum atomic E-state index is 4.58. The second-order valence-electron chi connectivity index (χ2n) is 4.75. The van der Waals surface area contributed by atoms with E-state index in [1.165, 1.54) is 18.4 Å². The summed E-state index contributed by atoms with van der Waals surface area (Å²) in [7, 11) is 0. The van der Waals surface area contributed by atoms with E-state index in [1.807, 2.05) is 10.9 Å². The maximum absolute atomic E-state index is 4.58. The van der Waals surface area contributed by atoms with Crippen molar-refractivity contribution in [1.29, 1.82) is 0 Å². The zero-order valence-electron chi connectivity index (χ0n) is 10.1. The van der Waals surface area contributed by atoms with Crippen LogP contribution in [0.1, 0.15) is 24.1 Å². The summed E-state index contributed by atoms with van der Waals surface area (Å²) in [5, 5.41) is 8.05. The van der Waals surface area contributed by atoms with Gasteiger partial charge in [0.2, 0.25) is 0 Å². The number of hydrogen-bond acceptors (Lipinski definition) is 2. The van der Waals surface area contributed by atoms with Crippen LogP contribution in [0.25, 0.3) is 5.69 Å². The molecule has 3 nitrogen and oxygen atoms in total. The molecule has 1 aromatic carbocycles. The van der Waals surface area contributed by atoms with Crippen molar-refractivity contribution in [2.45, 2.75) is 32.4 Å². The van der Waals surface area contributed by atoms with Crippen molar-refractivity contribution < 1.29 is 0 Å². The van der Waals surface area contributed by atoms with Crippen LogP contribution in [-0.4, -0.2) is 15.8 Å².